The number of hydrogen-bond donors (Lipinski definition) is 2. The Morgan fingerprint density at radius 2 is 1.33 bits per heavy atom. The zero-order valence-corrected chi connectivity index (χ0v) is 15.0. The van der Waals surface area contributed by atoms with E-state index < -0.39 is 10.4 Å². The lowest BCUT2D eigenvalue weighted by atomic mass is 9.88. The van der Waals surface area contributed by atoms with Crippen LogP contribution >= 0.6 is 22.7 Å². The first-order chi connectivity index (χ1) is 11.3. The van der Waals surface area contributed by atoms with Gasteiger partial charge in [-0.15, -0.1) is 22.7 Å². The van der Waals surface area contributed by atoms with E-state index in [4.69, 9.17) is 17.5 Å². The summed E-state index contributed by atoms with van der Waals surface area (Å²) in [6.07, 6.45) is 6.97. The van der Waals surface area contributed by atoms with E-state index in [-0.39, 0.29) is 5.78 Å². The Morgan fingerprint density at radius 1 is 0.917 bits per heavy atom. The van der Waals surface area contributed by atoms with Gasteiger partial charge in [0.25, 0.3) is 0 Å². The summed E-state index contributed by atoms with van der Waals surface area (Å²) in [6.45, 7) is 0. The maximum absolute atomic E-state index is 12.5. The fourth-order valence-electron chi connectivity index (χ4n) is 2.27. The Hall–Kier alpha value is -1.58. The average molecular weight is 384 g/mol. The molecule has 24 heavy (non-hydrogen) atoms. The normalized spacial score (nSPS) is 18.5. The van der Waals surface area contributed by atoms with Crippen LogP contribution in [0.15, 0.2) is 46.2 Å². The number of carbonyl (C=O) groups is 1. The van der Waals surface area contributed by atoms with E-state index in [0.717, 1.165) is 30.4 Å². The van der Waals surface area contributed by atoms with Crippen LogP contribution in [0.1, 0.15) is 29.0 Å². The van der Waals surface area contributed by atoms with Gasteiger partial charge in [0.2, 0.25) is 0 Å². The molecule has 1 aliphatic carbocycles. The monoisotopic (exact) mass is 384 g/mol. The van der Waals surface area contributed by atoms with Crippen molar-refractivity contribution in [2.24, 2.45) is 0 Å². The van der Waals surface area contributed by atoms with Crippen molar-refractivity contribution in [2.45, 2.75) is 19.3 Å². The Labute approximate surface area is 148 Å². The van der Waals surface area contributed by atoms with Gasteiger partial charge < -0.3 is 0 Å². The zero-order valence-electron chi connectivity index (χ0n) is 12.6. The van der Waals surface area contributed by atoms with Gasteiger partial charge in [-0.3, -0.25) is 13.9 Å². The van der Waals surface area contributed by atoms with E-state index in [1.807, 2.05) is 22.9 Å². The molecular weight excluding hydrogens is 368 g/mol. The van der Waals surface area contributed by atoms with Crippen LogP contribution in [0.4, 0.5) is 0 Å². The van der Waals surface area contributed by atoms with Crippen LogP contribution in [0, 0.1) is 0 Å². The molecule has 0 aromatic carbocycles. The van der Waals surface area contributed by atoms with Crippen LogP contribution in [0.3, 0.4) is 0 Å². The Bertz CT molecular complexity index is 766. The zero-order chi connectivity index (χ0) is 17.6. The molecule has 0 aliphatic heterocycles. The number of carbonyl (C=O) groups excluding carboxylic acids is 1. The highest BCUT2D eigenvalue weighted by atomic mass is 32.3. The van der Waals surface area contributed by atoms with E-state index in [0.29, 0.717) is 0 Å². The smallest absolute Gasteiger partial charge is 0.289 e. The lowest BCUT2D eigenvalue weighted by Crippen LogP contribution is -2.11. The second-order valence-electron chi connectivity index (χ2n) is 5.00. The predicted octanol–water partition coefficient (Wildman–Crippen LogP) is 4.38. The summed E-state index contributed by atoms with van der Waals surface area (Å²) in [4.78, 5) is 14.8. The molecule has 1 saturated carbocycles. The molecule has 2 aromatic rings. The van der Waals surface area contributed by atoms with Gasteiger partial charge in [0.1, 0.15) is 0 Å². The molecule has 0 atom stereocenters. The number of hydrogen-bond acceptors (Lipinski definition) is 5. The molecule has 3 rings (SSSR count). The summed E-state index contributed by atoms with van der Waals surface area (Å²) in [5, 5.41) is 4.09. The molecule has 2 aromatic heterocycles. The highest BCUT2D eigenvalue weighted by molar-refractivity contribution is 7.79. The molecule has 8 heteroatoms. The van der Waals surface area contributed by atoms with Crippen molar-refractivity contribution in [2.75, 3.05) is 0 Å². The number of ketones is 1. The first kappa shape index (κ1) is 18.8. The molecule has 1 fully saturated rings. The summed E-state index contributed by atoms with van der Waals surface area (Å²) in [6, 6.07) is 8.16. The van der Waals surface area contributed by atoms with E-state index in [2.05, 4.69) is 24.3 Å². The average Bonchev–Trinajstić information content (AvgIpc) is 3.15. The van der Waals surface area contributed by atoms with Crippen LogP contribution in [0.5, 0.6) is 0 Å². The van der Waals surface area contributed by atoms with Crippen molar-refractivity contribution in [3.63, 3.8) is 0 Å². The van der Waals surface area contributed by atoms with Gasteiger partial charge in [-0.05, 0) is 54.3 Å². The second kappa shape index (κ2) is 8.50. The van der Waals surface area contributed by atoms with Gasteiger partial charge in [0.15, 0.2) is 5.78 Å². The Balaban J connectivity index is 0.000000368. The predicted molar refractivity (Wildman–Crippen MR) is 97.6 cm³/mol. The van der Waals surface area contributed by atoms with Crippen molar-refractivity contribution >= 4 is 51.0 Å². The summed E-state index contributed by atoms with van der Waals surface area (Å²) in [5.74, 6) is 0.230. The fraction of sp³-hybridized carbons (Fsp3) is 0.188. The molecule has 0 radical (unpaired) electrons. The van der Waals surface area contributed by atoms with E-state index in [9.17, 15) is 4.79 Å². The van der Waals surface area contributed by atoms with Gasteiger partial charge in [-0.1, -0.05) is 12.1 Å². The fourth-order valence-corrected chi connectivity index (χ4v) is 3.63. The van der Waals surface area contributed by atoms with Crippen molar-refractivity contribution in [1.82, 2.24) is 0 Å². The van der Waals surface area contributed by atoms with Crippen molar-refractivity contribution in [3.8, 4) is 0 Å². The van der Waals surface area contributed by atoms with Crippen LogP contribution < -0.4 is 0 Å². The molecule has 0 bridgehead atoms. The minimum atomic E-state index is -4.67. The van der Waals surface area contributed by atoms with Gasteiger partial charge in [0.05, 0.1) is 0 Å². The van der Waals surface area contributed by atoms with Crippen molar-refractivity contribution < 1.29 is 22.3 Å². The van der Waals surface area contributed by atoms with E-state index >= 15 is 0 Å². The molecule has 1 aliphatic rings. The van der Waals surface area contributed by atoms with Gasteiger partial charge in [-0.2, -0.15) is 8.42 Å². The summed E-state index contributed by atoms with van der Waals surface area (Å²) in [5.41, 5.74) is 1.91. The molecule has 0 amide bonds. The summed E-state index contributed by atoms with van der Waals surface area (Å²) in [7, 11) is -4.67. The van der Waals surface area contributed by atoms with E-state index in [1.165, 1.54) is 9.75 Å². The summed E-state index contributed by atoms with van der Waals surface area (Å²) >= 11 is 3.36. The quantitative estimate of drug-likeness (QED) is 0.592. The number of allylic oxidation sites excluding steroid dienone is 2. The van der Waals surface area contributed by atoms with Gasteiger partial charge in [0, 0.05) is 20.9 Å². The van der Waals surface area contributed by atoms with Crippen molar-refractivity contribution in [3.05, 3.63) is 55.9 Å². The molecule has 2 heterocycles. The third-order valence-electron chi connectivity index (χ3n) is 3.19. The SMILES string of the molecule is O=C1C(=Cc2cccs2)CCCC1=Cc1cccs1.O=S(=O)(O)O. The maximum Gasteiger partial charge on any atom is 0.394 e. The van der Waals surface area contributed by atoms with Gasteiger partial charge >= 0.3 is 10.4 Å². The molecule has 0 spiro atoms. The molecule has 2 N–H and O–H groups in total. The Morgan fingerprint density at radius 3 is 1.67 bits per heavy atom. The van der Waals surface area contributed by atoms with Crippen molar-refractivity contribution in [1.29, 1.82) is 0 Å². The topological polar surface area (TPSA) is 91.7 Å². The van der Waals surface area contributed by atoms with Gasteiger partial charge in [-0.25, -0.2) is 0 Å². The number of rotatable bonds is 2. The first-order valence-corrected chi connectivity index (χ1v) is 10.2. The van der Waals surface area contributed by atoms with E-state index in [1.54, 1.807) is 22.7 Å². The van der Waals surface area contributed by atoms with Crippen LogP contribution in [0.25, 0.3) is 12.2 Å². The molecule has 5 nitrogen and oxygen atoms in total. The van der Waals surface area contributed by atoms with Crippen LogP contribution in [-0.2, 0) is 15.2 Å². The lowest BCUT2D eigenvalue weighted by molar-refractivity contribution is -0.112. The lowest BCUT2D eigenvalue weighted by Gasteiger charge is -2.15. The third-order valence-corrected chi connectivity index (χ3v) is 4.83. The second-order valence-corrected chi connectivity index (χ2v) is 7.85. The maximum atomic E-state index is 12.5. The number of Topliss-reactive ketones (excluding diaryl/α,β-unsaturated/α-hetero) is 1. The first-order valence-electron chi connectivity index (χ1n) is 7.05. The largest absolute Gasteiger partial charge is 0.394 e. The highest BCUT2D eigenvalue weighted by Gasteiger charge is 2.20. The minimum absolute atomic E-state index is 0.230. The van der Waals surface area contributed by atoms with Crippen LogP contribution in [-0.4, -0.2) is 23.3 Å². The minimum Gasteiger partial charge on any atom is -0.289 e. The Kier molecular flexibility index (Phi) is 6.64. The third kappa shape index (κ3) is 6.50. The van der Waals surface area contributed by atoms with Crippen LogP contribution in [0.2, 0.25) is 0 Å². The molecule has 0 unspecified atom stereocenters. The standard InChI is InChI=1S/C16H14OS2.H2O4S/c17-16-12(10-14-6-2-8-18-14)4-1-5-13(16)11-15-7-3-9-19-15;1-5(2,3)4/h2-3,6-11H,1,4-5H2;(H2,1,2,3,4). The summed E-state index contributed by atoms with van der Waals surface area (Å²) < 4.78 is 31.6. The molecule has 128 valence electrons. The highest BCUT2D eigenvalue weighted by Crippen LogP contribution is 2.29. The molecular formula is C16H16O5S3. The number of thiophene rings is 2. The molecule has 0 saturated heterocycles.